The summed E-state index contributed by atoms with van der Waals surface area (Å²) in [7, 11) is 0. The number of nitrogens with zero attached hydrogens (tertiary/aromatic N) is 2. The first-order valence-corrected chi connectivity index (χ1v) is 14.3. The smallest absolute Gasteiger partial charge is 0.338 e. The molecule has 4 aliphatic carbocycles. The zero-order chi connectivity index (χ0) is 25.9. The van der Waals surface area contributed by atoms with Crippen LogP contribution < -0.4 is 20.1 Å². The molecule has 5 fully saturated rings. The lowest BCUT2D eigenvalue weighted by atomic mass is 9.52. The first-order valence-electron chi connectivity index (χ1n) is 14.3. The van der Waals surface area contributed by atoms with Crippen LogP contribution in [0.15, 0.2) is 29.5 Å². The lowest BCUT2D eigenvalue weighted by Gasteiger charge is -2.61. The van der Waals surface area contributed by atoms with Crippen LogP contribution in [-0.4, -0.2) is 73.5 Å². The maximum atomic E-state index is 13.2. The van der Waals surface area contributed by atoms with E-state index in [-0.39, 0.29) is 19.4 Å². The Hall–Kier alpha value is -2.78. The second kappa shape index (κ2) is 9.45. The number of fused-ring (bicyclic) bond motifs is 1. The molecule has 4 bridgehead atoms. The predicted octanol–water partition coefficient (Wildman–Crippen LogP) is 3.17. The summed E-state index contributed by atoms with van der Waals surface area (Å²) in [6.45, 7) is 6.69. The molecule has 1 aromatic rings. The van der Waals surface area contributed by atoms with Crippen LogP contribution in [0.2, 0.25) is 0 Å². The number of rotatable bonds is 6. The summed E-state index contributed by atoms with van der Waals surface area (Å²) >= 11 is 0. The minimum Gasteiger partial charge on any atom is -0.463 e. The molecule has 1 saturated heterocycles. The van der Waals surface area contributed by atoms with Gasteiger partial charge >= 0.3 is 12.0 Å². The van der Waals surface area contributed by atoms with Crippen molar-refractivity contribution in [2.75, 3.05) is 46.1 Å². The van der Waals surface area contributed by atoms with Gasteiger partial charge < -0.3 is 24.8 Å². The van der Waals surface area contributed by atoms with Crippen molar-refractivity contribution in [3.8, 4) is 11.5 Å². The highest BCUT2D eigenvalue weighted by atomic mass is 16.7. The van der Waals surface area contributed by atoms with Gasteiger partial charge in [0.2, 0.25) is 6.79 Å². The van der Waals surface area contributed by atoms with Gasteiger partial charge in [-0.05, 0) is 80.9 Å². The Kier molecular flexibility index (Phi) is 6.04. The molecule has 1 aromatic carbocycles. The first-order chi connectivity index (χ1) is 18.5. The molecule has 4 saturated carbocycles. The van der Waals surface area contributed by atoms with Crippen molar-refractivity contribution >= 4 is 12.0 Å². The molecular formula is C29H38N4O5. The highest BCUT2D eigenvalue weighted by Gasteiger charge is 2.53. The monoisotopic (exact) mass is 522 g/mol. The number of nitrogens with one attached hydrogen (secondary N) is 2. The van der Waals surface area contributed by atoms with Crippen molar-refractivity contribution in [1.82, 2.24) is 20.4 Å². The van der Waals surface area contributed by atoms with E-state index in [1.54, 1.807) is 6.92 Å². The lowest BCUT2D eigenvalue weighted by Crippen LogP contribution is -2.64. The Labute approximate surface area is 223 Å². The fourth-order valence-electron chi connectivity index (χ4n) is 8.59. The predicted molar refractivity (Wildman–Crippen MR) is 140 cm³/mol. The van der Waals surface area contributed by atoms with Crippen LogP contribution in [0.25, 0.3) is 0 Å². The molecule has 0 spiro atoms. The van der Waals surface area contributed by atoms with Gasteiger partial charge in [-0.2, -0.15) is 0 Å². The van der Waals surface area contributed by atoms with Crippen LogP contribution in [0.1, 0.15) is 57.1 Å². The lowest BCUT2D eigenvalue weighted by molar-refractivity contribution is -0.139. The Bertz CT molecular complexity index is 1120. The summed E-state index contributed by atoms with van der Waals surface area (Å²) in [5, 5.41) is 5.87. The number of hydrogen-bond donors (Lipinski definition) is 2. The molecule has 9 heteroatoms. The Morgan fingerprint density at radius 1 is 1.03 bits per heavy atom. The third-order valence-corrected chi connectivity index (χ3v) is 9.81. The molecule has 7 aliphatic rings. The van der Waals surface area contributed by atoms with E-state index in [0.717, 1.165) is 49.5 Å². The molecular weight excluding hydrogens is 484 g/mol. The van der Waals surface area contributed by atoms with Crippen molar-refractivity contribution in [3.63, 3.8) is 0 Å². The fourth-order valence-corrected chi connectivity index (χ4v) is 8.59. The Morgan fingerprint density at radius 2 is 1.71 bits per heavy atom. The minimum absolute atomic E-state index is 0.165. The average Bonchev–Trinajstić information content (AvgIpc) is 3.36. The van der Waals surface area contributed by atoms with Crippen LogP contribution in [0.3, 0.4) is 0 Å². The van der Waals surface area contributed by atoms with Gasteiger partial charge in [0.15, 0.2) is 11.5 Å². The summed E-state index contributed by atoms with van der Waals surface area (Å²) in [6.07, 6.45) is 8.54. The summed E-state index contributed by atoms with van der Waals surface area (Å²) < 4.78 is 16.5. The Balaban J connectivity index is 1.10. The number of carbonyl (C=O) groups is 2. The van der Waals surface area contributed by atoms with E-state index in [2.05, 4.69) is 20.4 Å². The molecule has 3 heterocycles. The van der Waals surface area contributed by atoms with E-state index < -0.39 is 12.0 Å². The van der Waals surface area contributed by atoms with Crippen LogP contribution in [0.5, 0.6) is 11.5 Å². The second-order valence-corrected chi connectivity index (χ2v) is 12.2. The van der Waals surface area contributed by atoms with E-state index in [4.69, 9.17) is 14.2 Å². The minimum atomic E-state index is -0.624. The fraction of sp³-hybridized carbons (Fsp3) is 0.655. The van der Waals surface area contributed by atoms with E-state index in [1.165, 1.54) is 38.5 Å². The SMILES string of the molecule is CCOC(=O)C1=C(CN2CCN(C34CC5CC(CC(C5)C3)C4)CC2)NC(=O)N[C@@H]1c1ccc2c(c1)OCO2. The maximum Gasteiger partial charge on any atom is 0.338 e. The first kappa shape index (κ1) is 24.3. The largest absolute Gasteiger partial charge is 0.463 e. The molecule has 9 nitrogen and oxygen atoms in total. The van der Waals surface area contributed by atoms with E-state index >= 15 is 0 Å². The van der Waals surface area contributed by atoms with E-state index in [9.17, 15) is 9.59 Å². The maximum absolute atomic E-state index is 13.2. The van der Waals surface area contributed by atoms with Gasteiger partial charge in [0.05, 0.1) is 18.2 Å². The molecule has 204 valence electrons. The quantitative estimate of drug-likeness (QED) is 0.555. The number of urea groups is 1. The van der Waals surface area contributed by atoms with Crippen LogP contribution in [0.4, 0.5) is 4.79 Å². The third kappa shape index (κ3) is 4.24. The van der Waals surface area contributed by atoms with Crippen LogP contribution in [-0.2, 0) is 9.53 Å². The normalized spacial score (nSPS) is 34.3. The van der Waals surface area contributed by atoms with Crippen LogP contribution >= 0.6 is 0 Å². The highest BCUT2D eigenvalue weighted by Crippen LogP contribution is 2.57. The number of benzene rings is 1. The molecule has 8 rings (SSSR count). The van der Waals surface area contributed by atoms with Gasteiger partial charge in [0, 0.05) is 44.0 Å². The summed E-state index contributed by atoms with van der Waals surface area (Å²) in [5.74, 6) is 3.68. The summed E-state index contributed by atoms with van der Waals surface area (Å²) in [6, 6.07) is 4.58. The molecule has 2 N–H and O–H groups in total. The number of hydrogen-bond acceptors (Lipinski definition) is 7. The molecule has 3 aliphatic heterocycles. The highest BCUT2D eigenvalue weighted by molar-refractivity contribution is 5.95. The molecule has 38 heavy (non-hydrogen) atoms. The Morgan fingerprint density at radius 3 is 2.39 bits per heavy atom. The number of ether oxygens (including phenoxy) is 3. The molecule has 0 unspecified atom stereocenters. The van der Waals surface area contributed by atoms with Gasteiger partial charge in [0.25, 0.3) is 0 Å². The summed E-state index contributed by atoms with van der Waals surface area (Å²) in [5.41, 5.74) is 2.26. The van der Waals surface area contributed by atoms with Gasteiger partial charge in [-0.3, -0.25) is 9.80 Å². The second-order valence-electron chi connectivity index (χ2n) is 12.2. The number of esters is 1. The van der Waals surface area contributed by atoms with Crippen molar-refractivity contribution in [2.24, 2.45) is 17.8 Å². The topological polar surface area (TPSA) is 92.4 Å². The summed E-state index contributed by atoms with van der Waals surface area (Å²) in [4.78, 5) is 31.2. The number of piperazine rings is 1. The van der Waals surface area contributed by atoms with Gasteiger partial charge in [-0.25, -0.2) is 9.59 Å². The number of amides is 2. The molecule has 0 radical (unpaired) electrons. The van der Waals surface area contributed by atoms with Crippen LogP contribution in [0, 0.1) is 17.8 Å². The molecule has 0 aromatic heterocycles. The van der Waals surface area contributed by atoms with E-state index in [0.29, 0.717) is 34.9 Å². The van der Waals surface area contributed by atoms with Gasteiger partial charge in [-0.15, -0.1) is 0 Å². The van der Waals surface area contributed by atoms with Crippen molar-refractivity contribution in [1.29, 1.82) is 0 Å². The zero-order valence-corrected chi connectivity index (χ0v) is 22.2. The van der Waals surface area contributed by atoms with Crippen molar-refractivity contribution < 1.29 is 23.8 Å². The zero-order valence-electron chi connectivity index (χ0n) is 22.2. The van der Waals surface area contributed by atoms with Gasteiger partial charge in [-0.1, -0.05) is 6.07 Å². The number of carbonyl (C=O) groups excluding carboxylic acids is 2. The van der Waals surface area contributed by atoms with Gasteiger partial charge in [0.1, 0.15) is 0 Å². The van der Waals surface area contributed by atoms with E-state index in [1.807, 2.05) is 18.2 Å². The molecule has 2 amide bonds. The third-order valence-electron chi connectivity index (χ3n) is 9.81. The van der Waals surface area contributed by atoms with Crippen molar-refractivity contribution in [3.05, 3.63) is 35.0 Å². The van der Waals surface area contributed by atoms with Crippen molar-refractivity contribution in [2.45, 2.75) is 57.0 Å². The molecule has 1 atom stereocenters. The standard InChI is InChI=1S/C29H38N4O5/c1-2-36-27(34)25-22(30-28(35)31-26(25)21-3-4-23-24(12-21)38-17-37-23)16-32-5-7-33(8-6-32)29-13-18-9-19(14-29)11-20(10-18)15-29/h3-4,12,18-20,26H,2,5-11,13-17H2,1H3,(H2,30,31,35)/t18?,19?,20?,26-,29?/m1/s1. The average molecular weight is 523 g/mol.